The summed E-state index contributed by atoms with van der Waals surface area (Å²) in [5.74, 6) is 0.945. The van der Waals surface area contributed by atoms with Gasteiger partial charge in [0, 0.05) is 17.3 Å². The van der Waals surface area contributed by atoms with Crippen molar-refractivity contribution in [3.63, 3.8) is 0 Å². The van der Waals surface area contributed by atoms with Crippen LogP contribution in [0.5, 0.6) is 0 Å². The quantitative estimate of drug-likeness (QED) is 0.446. The third-order valence-corrected chi connectivity index (χ3v) is 6.26. The molecule has 2 amide bonds. The number of hydrogen-bond donors (Lipinski definition) is 1. The van der Waals surface area contributed by atoms with Gasteiger partial charge in [-0.05, 0) is 42.5 Å². The van der Waals surface area contributed by atoms with Crippen molar-refractivity contribution in [2.75, 3.05) is 6.54 Å². The standard InChI is InChI=1S/C22H23ClN4O2S/c1-3-4-5-11-27-14(2)18(21-25-20(26-29-21)17-10-7-12-30-17)19(24-22(27)28)15-8-6-9-16(23)13-15/h6-10,12-13,19H,3-5,11H2,1-2H3,(H,24,28). The second-order valence-electron chi connectivity index (χ2n) is 7.20. The summed E-state index contributed by atoms with van der Waals surface area (Å²) in [4.78, 5) is 20.3. The maximum absolute atomic E-state index is 12.9. The van der Waals surface area contributed by atoms with Crippen LogP contribution in [0, 0.1) is 0 Å². The van der Waals surface area contributed by atoms with Gasteiger partial charge in [-0.25, -0.2) is 4.79 Å². The molecule has 1 unspecified atom stereocenters. The Hall–Kier alpha value is -2.64. The number of halogens is 1. The van der Waals surface area contributed by atoms with Crippen LogP contribution in [0.4, 0.5) is 4.79 Å². The average Bonchev–Trinajstić information content (AvgIpc) is 3.42. The van der Waals surface area contributed by atoms with E-state index < -0.39 is 6.04 Å². The van der Waals surface area contributed by atoms with E-state index in [4.69, 9.17) is 16.1 Å². The van der Waals surface area contributed by atoms with E-state index in [2.05, 4.69) is 22.4 Å². The van der Waals surface area contributed by atoms with Gasteiger partial charge in [0.15, 0.2) is 0 Å². The van der Waals surface area contributed by atoms with Crippen molar-refractivity contribution in [1.82, 2.24) is 20.4 Å². The van der Waals surface area contributed by atoms with E-state index in [1.165, 1.54) is 0 Å². The summed E-state index contributed by atoms with van der Waals surface area (Å²) in [7, 11) is 0. The number of aromatic nitrogens is 2. The number of rotatable bonds is 7. The van der Waals surface area contributed by atoms with Gasteiger partial charge in [-0.3, -0.25) is 4.90 Å². The minimum Gasteiger partial charge on any atom is -0.334 e. The summed E-state index contributed by atoms with van der Waals surface area (Å²) < 4.78 is 5.67. The van der Waals surface area contributed by atoms with Gasteiger partial charge in [-0.15, -0.1) is 11.3 Å². The number of benzene rings is 1. The van der Waals surface area contributed by atoms with Crippen LogP contribution < -0.4 is 5.32 Å². The lowest BCUT2D eigenvalue weighted by Crippen LogP contribution is -2.46. The van der Waals surface area contributed by atoms with Gasteiger partial charge < -0.3 is 9.84 Å². The maximum atomic E-state index is 12.9. The highest BCUT2D eigenvalue weighted by Gasteiger charge is 2.35. The van der Waals surface area contributed by atoms with Crippen LogP contribution in [0.25, 0.3) is 16.3 Å². The van der Waals surface area contributed by atoms with Crippen molar-refractivity contribution in [3.8, 4) is 10.7 Å². The van der Waals surface area contributed by atoms with Gasteiger partial charge in [-0.2, -0.15) is 4.98 Å². The minimum absolute atomic E-state index is 0.129. The molecule has 1 N–H and O–H groups in total. The molecule has 3 aromatic rings. The topological polar surface area (TPSA) is 71.3 Å². The monoisotopic (exact) mass is 442 g/mol. The molecule has 0 saturated carbocycles. The first-order valence-electron chi connectivity index (χ1n) is 10.0. The Morgan fingerprint density at radius 2 is 2.13 bits per heavy atom. The number of hydrogen-bond acceptors (Lipinski definition) is 5. The average molecular weight is 443 g/mol. The third kappa shape index (κ3) is 4.13. The molecule has 0 bridgehead atoms. The van der Waals surface area contributed by atoms with Gasteiger partial charge in [0.2, 0.25) is 5.82 Å². The van der Waals surface area contributed by atoms with Gasteiger partial charge >= 0.3 is 6.03 Å². The molecule has 1 aliphatic heterocycles. The molecule has 8 heteroatoms. The summed E-state index contributed by atoms with van der Waals surface area (Å²) >= 11 is 7.78. The van der Waals surface area contributed by atoms with Crippen LogP contribution in [0.3, 0.4) is 0 Å². The van der Waals surface area contributed by atoms with Crippen molar-refractivity contribution < 1.29 is 9.32 Å². The van der Waals surface area contributed by atoms with Crippen LogP contribution in [-0.4, -0.2) is 27.6 Å². The van der Waals surface area contributed by atoms with Crippen molar-refractivity contribution in [1.29, 1.82) is 0 Å². The second kappa shape index (κ2) is 9.02. The molecule has 0 aliphatic carbocycles. The minimum atomic E-state index is -0.421. The largest absolute Gasteiger partial charge is 0.334 e. The van der Waals surface area contributed by atoms with Crippen molar-refractivity contribution >= 4 is 34.5 Å². The van der Waals surface area contributed by atoms with E-state index >= 15 is 0 Å². The van der Waals surface area contributed by atoms with Crippen LogP contribution in [0.15, 0.2) is 52.0 Å². The Morgan fingerprint density at radius 1 is 1.27 bits per heavy atom. The number of nitrogens with one attached hydrogen (secondary N) is 1. The summed E-state index contributed by atoms with van der Waals surface area (Å²) in [5.41, 5.74) is 2.49. The SMILES string of the molecule is CCCCCN1C(=O)NC(c2cccc(Cl)c2)C(c2nc(-c3cccs3)no2)=C1C. The molecule has 3 heterocycles. The summed E-state index contributed by atoms with van der Waals surface area (Å²) in [6.07, 6.45) is 3.08. The Bertz CT molecular complexity index is 1060. The number of thiophene rings is 1. The first kappa shape index (κ1) is 20.6. The zero-order valence-corrected chi connectivity index (χ0v) is 18.5. The lowest BCUT2D eigenvalue weighted by atomic mass is 9.94. The molecular formula is C22H23ClN4O2S. The first-order chi connectivity index (χ1) is 14.6. The van der Waals surface area contributed by atoms with E-state index in [1.807, 2.05) is 48.7 Å². The van der Waals surface area contributed by atoms with Crippen LogP contribution >= 0.6 is 22.9 Å². The fraction of sp³-hybridized carbons (Fsp3) is 0.318. The molecule has 0 radical (unpaired) electrons. The predicted octanol–water partition coefficient (Wildman–Crippen LogP) is 6.14. The summed E-state index contributed by atoms with van der Waals surface area (Å²) in [5, 5.41) is 9.85. The number of unbranched alkanes of at least 4 members (excludes halogenated alkanes) is 2. The van der Waals surface area contributed by atoms with Crippen LogP contribution in [0.1, 0.15) is 50.6 Å². The summed E-state index contributed by atoms with van der Waals surface area (Å²) in [6.45, 7) is 4.72. The van der Waals surface area contributed by atoms with Crippen LogP contribution in [-0.2, 0) is 0 Å². The molecule has 1 atom stereocenters. The van der Waals surface area contributed by atoms with Crippen molar-refractivity contribution in [2.45, 2.75) is 39.2 Å². The number of allylic oxidation sites excluding steroid dienone is 1. The van der Waals surface area contributed by atoms with Gasteiger partial charge in [0.1, 0.15) is 0 Å². The zero-order chi connectivity index (χ0) is 21.1. The van der Waals surface area contributed by atoms with E-state index in [9.17, 15) is 4.79 Å². The van der Waals surface area contributed by atoms with Gasteiger partial charge in [0.05, 0.1) is 16.5 Å². The number of amides is 2. The van der Waals surface area contributed by atoms with E-state index in [0.29, 0.717) is 23.3 Å². The lowest BCUT2D eigenvalue weighted by Gasteiger charge is -2.35. The number of nitrogens with zero attached hydrogens (tertiary/aromatic N) is 3. The molecule has 1 aliphatic rings. The molecule has 30 heavy (non-hydrogen) atoms. The van der Waals surface area contributed by atoms with Crippen molar-refractivity contribution in [2.24, 2.45) is 0 Å². The smallest absolute Gasteiger partial charge is 0.322 e. The predicted molar refractivity (Wildman–Crippen MR) is 119 cm³/mol. The van der Waals surface area contributed by atoms with Crippen LogP contribution in [0.2, 0.25) is 5.02 Å². The lowest BCUT2D eigenvalue weighted by molar-refractivity contribution is 0.204. The number of carbonyl (C=O) groups excluding carboxylic acids is 1. The van der Waals surface area contributed by atoms with Crippen molar-refractivity contribution in [3.05, 3.63) is 64.0 Å². The number of carbonyl (C=O) groups is 1. The molecule has 6 nitrogen and oxygen atoms in total. The Kier molecular flexibility index (Phi) is 6.20. The second-order valence-corrected chi connectivity index (χ2v) is 8.58. The van der Waals surface area contributed by atoms with E-state index in [0.717, 1.165) is 41.0 Å². The molecule has 4 rings (SSSR count). The Labute approximate surface area is 184 Å². The number of urea groups is 1. The third-order valence-electron chi connectivity index (χ3n) is 5.16. The Balaban J connectivity index is 1.77. The highest BCUT2D eigenvalue weighted by atomic mass is 35.5. The van der Waals surface area contributed by atoms with Gasteiger partial charge in [-0.1, -0.05) is 54.7 Å². The molecule has 0 fully saturated rings. The van der Waals surface area contributed by atoms with Gasteiger partial charge in [0.25, 0.3) is 5.89 Å². The highest BCUT2D eigenvalue weighted by Crippen LogP contribution is 2.38. The fourth-order valence-corrected chi connectivity index (χ4v) is 4.47. The normalized spacial score (nSPS) is 16.8. The molecule has 2 aromatic heterocycles. The van der Waals surface area contributed by atoms with E-state index in [-0.39, 0.29) is 6.03 Å². The molecule has 0 spiro atoms. The highest BCUT2D eigenvalue weighted by molar-refractivity contribution is 7.13. The zero-order valence-electron chi connectivity index (χ0n) is 16.9. The molecule has 156 valence electrons. The first-order valence-corrected chi connectivity index (χ1v) is 11.3. The maximum Gasteiger partial charge on any atom is 0.322 e. The Morgan fingerprint density at radius 3 is 2.87 bits per heavy atom. The van der Waals surface area contributed by atoms with E-state index in [1.54, 1.807) is 16.2 Å². The molecular weight excluding hydrogens is 420 g/mol. The fourth-order valence-electron chi connectivity index (χ4n) is 3.62. The molecule has 1 aromatic carbocycles. The molecule has 0 saturated heterocycles. The summed E-state index contributed by atoms with van der Waals surface area (Å²) in [6, 6.07) is 10.8.